The van der Waals surface area contributed by atoms with Gasteiger partial charge in [0.1, 0.15) is 15.5 Å². The number of pyridine rings is 1. The Labute approximate surface area is 173 Å². The van der Waals surface area contributed by atoms with Crippen molar-refractivity contribution in [1.82, 2.24) is 9.71 Å². The number of nitrogens with zero attached hydrogens (tertiary/aromatic N) is 1. The molecule has 1 heterocycles. The van der Waals surface area contributed by atoms with E-state index in [0.717, 1.165) is 17.7 Å². The Bertz CT molecular complexity index is 1360. The number of aromatic nitrogens is 1. The van der Waals surface area contributed by atoms with Crippen LogP contribution in [0.2, 0.25) is 0 Å². The van der Waals surface area contributed by atoms with Gasteiger partial charge in [0, 0.05) is 11.8 Å². The molecule has 3 aromatic rings. The molecule has 0 bridgehead atoms. The van der Waals surface area contributed by atoms with Gasteiger partial charge in [0.05, 0.1) is 5.56 Å². The van der Waals surface area contributed by atoms with Gasteiger partial charge in [-0.3, -0.25) is 4.79 Å². The van der Waals surface area contributed by atoms with E-state index >= 15 is 0 Å². The molecule has 0 spiro atoms. The zero-order chi connectivity index (χ0) is 21.8. The zero-order valence-corrected chi connectivity index (χ0v) is 16.9. The molecule has 0 saturated heterocycles. The molecular weight excluding hydrogens is 426 g/mol. The number of carbonyl (C=O) groups is 1. The number of rotatable bonds is 4. The topological polar surface area (TPSA) is 136 Å². The molecule has 0 aliphatic heterocycles. The summed E-state index contributed by atoms with van der Waals surface area (Å²) in [5, 5.41) is 5.06. The summed E-state index contributed by atoms with van der Waals surface area (Å²) in [4.78, 5) is 15.1. The molecule has 0 unspecified atom stereocenters. The second kappa shape index (κ2) is 8.46. The molecular formula is C20H15N3O5S2. The number of nitrogens with two attached hydrogens (primary N) is 1. The summed E-state index contributed by atoms with van der Waals surface area (Å²) in [5.74, 6) is 4.77. The quantitative estimate of drug-likeness (QED) is 0.585. The molecule has 0 radical (unpaired) electrons. The van der Waals surface area contributed by atoms with Crippen molar-refractivity contribution >= 4 is 26.0 Å². The summed E-state index contributed by atoms with van der Waals surface area (Å²) < 4.78 is 50.1. The predicted octanol–water partition coefficient (Wildman–Crippen LogP) is 1.25. The van der Waals surface area contributed by atoms with Gasteiger partial charge in [0.25, 0.3) is 15.9 Å². The van der Waals surface area contributed by atoms with E-state index in [1.807, 2.05) is 35.1 Å². The van der Waals surface area contributed by atoms with Gasteiger partial charge in [-0.15, -0.1) is 0 Å². The number of sulfonamides is 2. The van der Waals surface area contributed by atoms with Gasteiger partial charge >= 0.3 is 0 Å². The van der Waals surface area contributed by atoms with E-state index in [-0.39, 0.29) is 5.56 Å². The largest absolute Gasteiger partial charge is 0.268 e. The molecule has 1 amide bonds. The first-order chi connectivity index (χ1) is 14.2. The second-order valence-corrected chi connectivity index (χ2v) is 9.16. The summed E-state index contributed by atoms with van der Waals surface area (Å²) in [5.41, 5.74) is 1.13. The van der Waals surface area contributed by atoms with Gasteiger partial charge < -0.3 is 0 Å². The standard InChI is InChI=1S/C20H15N3O5S2/c21-29(25,26)18-8-4-5-9-19(18)30(27,28)23-20(24)16-11-13-17(22-14-16)12-10-15-6-2-1-3-7-15/h1-9,11,13-14H,(H,23,24)(H2,21,25,26). The third-order valence-electron chi connectivity index (χ3n) is 3.81. The van der Waals surface area contributed by atoms with E-state index in [4.69, 9.17) is 5.14 Å². The van der Waals surface area contributed by atoms with Crippen LogP contribution in [-0.2, 0) is 20.0 Å². The highest BCUT2D eigenvalue weighted by Gasteiger charge is 2.26. The maximum atomic E-state index is 12.5. The molecule has 1 aromatic heterocycles. The van der Waals surface area contributed by atoms with Crippen LogP contribution in [0.25, 0.3) is 0 Å². The van der Waals surface area contributed by atoms with Crippen molar-refractivity contribution in [3.8, 4) is 11.8 Å². The fourth-order valence-corrected chi connectivity index (χ4v) is 4.76. The van der Waals surface area contributed by atoms with Crippen LogP contribution in [0.4, 0.5) is 0 Å². The number of amides is 1. The summed E-state index contributed by atoms with van der Waals surface area (Å²) in [6.45, 7) is 0. The molecule has 0 aliphatic rings. The van der Waals surface area contributed by atoms with E-state index in [0.29, 0.717) is 5.69 Å². The van der Waals surface area contributed by atoms with Crippen molar-refractivity contribution in [2.45, 2.75) is 9.79 Å². The monoisotopic (exact) mass is 441 g/mol. The maximum absolute atomic E-state index is 12.5. The molecule has 0 atom stereocenters. The third-order valence-corrected chi connectivity index (χ3v) is 6.29. The highest BCUT2D eigenvalue weighted by atomic mass is 32.2. The number of primary sulfonamides is 1. The summed E-state index contributed by atoms with van der Waals surface area (Å²) in [6, 6.07) is 16.8. The van der Waals surface area contributed by atoms with Crippen LogP contribution in [0.15, 0.2) is 82.7 Å². The minimum Gasteiger partial charge on any atom is -0.268 e. The molecule has 3 rings (SSSR count). The Kier molecular flexibility index (Phi) is 5.98. The van der Waals surface area contributed by atoms with Crippen LogP contribution < -0.4 is 9.86 Å². The Morgan fingerprint density at radius 1 is 0.833 bits per heavy atom. The first-order valence-electron chi connectivity index (χ1n) is 8.39. The van der Waals surface area contributed by atoms with E-state index in [2.05, 4.69) is 16.8 Å². The van der Waals surface area contributed by atoms with Crippen molar-refractivity contribution in [3.63, 3.8) is 0 Å². The van der Waals surface area contributed by atoms with Gasteiger partial charge in [-0.05, 0) is 42.3 Å². The van der Waals surface area contributed by atoms with Gasteiger partial charge in [0.2, 0.25) is 10.0 Å². The minimum absolute atomic E-state index is 0.0445. The fraction of sp³-hybridized carbons (Fsp3) is 0. The van der Waals surface area contributed by atoms with Crippen LogP contribution >= 0.6 is 0 Å². The predicted molar refractivity (Wildman–Crippen MR) is 109 cm³/mol. The average molecular weight is 441 g/mol. The van der Waals surface area contributed by atoms with Crippen LogP contribution in [0, 0.1) is 11.8 Å². The van der Waals surface area contributed by atoms with Crippen molar-refractivity contribution in [3.05, 3.63) is 89.7 Å². The van der Waals surface area contributed by atoms with Gasteiger partial charge in [-0.1, -0.05) is 36.3 Å². The fourth-order valence-electron chi connectivity index (χ4n) is 2.40. The van der Waals surface area contributed by atoms with Gasteiger partial charge in [0.15, 0.2) is 0 Å². The van der Waals surface area contributed by atoms with Crippen LogP contribution in [-0.4, -0.2) is 27.7 Å². The SMILES string of the molecule is NS(=O)(=O)c1ccccc1S(=O)(=O)NC(=O)c1ccc(C#Cc2ccccc2)nc1. The first kappa shape index (κ1) is 21.2. The molecule has 0 aliphatic carbocycles. The number of carbonyl (C=O) groups excluding carboxylic acids is 1. The van der Waals surface area contributed by atoms with E-state index in [1.165, 1.54) is 30.5 Å². The number of nitrogens with one attached hydrogen (secondary N) is 1. The molecule has 152 valence electrons. The normalized spacial score (nSPS) is 11.2. The molecule has 10 heteroatoms. The number of benzene rings is 2. The van der Waals surface area contributed by atoms with Crippen molar-refractivity contribution in [2.75, 3.05) is 0 Å². The highest BCUT2D eigenvalue weighted by Crippen LogP contribution is 2.19. The highest BCUT2D eigenvalue weighted by molar-refractivity contribution is 7.92. The minimum atomic E-state index is -4.49. The van der Waals surface area contributed by atoms with Crippen LogP contribution in [0.5, 0.6) is 0 Å². The van der Waals surface area contributed by atoms with Crippen LogP contribution in [0.1, 0.15) is 21.6 Å². The van der Waals surface area contributed by atoms with E-state index in [1.54, 1.807) is 0 Å². The van der Waals surface area contributed by atoms with Gasteiger partial charge in [-0.2, -0.15) is 0 Å². The molecule has 3 N–H and O–H groups in total. The third kappa shape index (κ3) is 5.09. The lowest BCUT2D eigenvalue weighted by molar-refractivity contribution is 0.0981. The Morgan fingerprint density at radius 3 is 2.07 bits per heavy atom. The Hall–Kier alpha value is -3.52. The summed E-state index contributed by atoms with van der Waals surface area (Å²) >= 11 is 0. The van der Waals surface area contributed by atoms with E-state index in [9.17, 15) is 21.6 Å². The summed E-state index contributed by atoms with van der Waals surface area (Å²) in [6.07, 6.45) is 1.17. The summed E-state index contributed by atoms with van der Waals surface area (Å²) in [7, 11) is -8.80. The number of hydrogen-bond donors (Lipinski definition) is 2. The Balaban J connectivity index is 1.81. The first-order valence-corrected chi connectivity index (χ1v) is 11.4. The van der Waals surface area contributed by atoms with Crippen molar-refractivity contribution < 1.29 is 21.6 Å². The zero-order valence-electron chi connectivity index (χ0n) is 15.3. The average Bonchev–Trinajstić information content (AvgIpc) is 2.72. The molecule has 0 saturated carbocycles. The number of hydrogen-bond acceptors (Lipinski definition) is 6. The molecule has 0 fully saturated rings. The van der Waals surface area contributed by atoms with Crippen molar-refractivity contribution in [2.24, 2.45) is 5.14 Å². The lowest BCUT2D eigenvalue weighted by Crippen LogP contribution is -2.32. The maximum Gasteiger partial charge on any atom is 0.266 e. The molecule has 2 aromatic carbocycles. The lowest BCUT2D eigenvalue weighted by atomic mass is 10.2. The van der Waals surface area contributed by atoms with Gasteiger partial charge in [-0.25, -0.2) is 31.7 Å². The smallest absolute Gasteiger partial charge is 0.266 e. The molecule has 30 heavy (non-hydrogen) atoms. The Morgan fingerprint density at radius 2 is 1.47 bits per heavy atom. The lowest BCUT2D eigenvalue weighted by Gasteiger charge is -2.10. The second-order valence-electron chi connectivity index (χ2n) is 5.97. The van der Waals surface area contributed by atoms with E-state index < -0.39 is 35.7 Å². The van der Waals surface area contributed by atoms with Crippen LogP contribution in [0.3, 0.4) is 0 Å². The van der Waals surface area contributed by atoms with Crippen molar-refractivity contribution in [1.29, 1.82) is 0 Å². The molecule has 8 nitrogen and oxygen atoms in total.